The number of halogens is 2. The second-order valence-electron chi connectivity index (χ2n) is 5.20. The number of amides is 1. The summed E-state index contributed by atoms with van der Waals surface area (Å²) in [5.74, 6) is 0.206. The average Bonchev–Trinajstić information content (AvgIpc) is 2.60. The van der Waals surface area contributed by atoms with Crippen LogP contribution in [0.25, 0.3) is 0 Å². The highest BCUT2D eigenvalue weighted by Gasteiger charge is 2.49. The summed E-state index contributed by atoms with van der Waals surface area (Å²) in [5, 5.41) is -0.0228. The number of likely N-dealkylation sites (tertiary alicyclic amines) is 1. The van der Waals surface area contributed by atoms with Gasteiger partial charge in [0.1, 0.15) is 0 Å². The molecule has 1 aromatic carbocycles. The summed E-state index contributed by atoms with van der Waals surface area (Å²) in [6, 6.07) is 8.35. The normalized spacial score (nSPS) is 26.2. The van der Waals surface area contributed by atoms with E-state index in [-0.39, 0.29) is 16.8 Å². The molecule has 1 atom stereocenters. The van der Waals surface area contributed by atoms with Crippen LogP contribution in [0.4, 0.5) is 0 Å². The molecule has 0 radical (unpaired) electrons. The lowest BCUT2D eigenvalue weighted by molar-refractivity contribution is -0.137. The zero-order valence-electron chi connectivity index (χ0n) is 10.0. The van der Waals surface area contributed by atoms with E-state index in [1.54, 1.807) is 0 Å². The van der Waals surface area contributed by atoms with Crippen LogP contribution in [-0.4, -0.2) is 22.7 Å². The molecule has 96 valence electrons. The molecule has 1 saturated carbocycles. The van der Waals surface area contributed by atoms with E-state index in [4.69, 9.17) is 11.6 Å². The molecular formula is C14H15BrClNO. The van der Waals surface area contributed by atoms with Crippen LogP contribution in [-0.2, 0) is 10.3 Å². The highest BCUT2D eigenvalue weighted by Crippen LogP contribution is 2.48. The largest absolute Gasteiger partial charge is 0.331 e. The number of carbonyl (C=O) groups is 1. The van der Waals surface area contributed by atoms with Gasteiger partial charge in [-0.1, -0.05) is 28.1 Å². The predicted octanol–water partition coefficient (Wildman–Crippen LogP) is 3.67. The molecule has 1 aliphatic carbocycles. The van der Waals surface area contributed by atoms with E-state index < -0.39 is 0 Å². The van der Waals surface area contributed by atoms with Gasteiger partial charge < -0.3 is 4.90 Å². The van der Waals surface area contributed by atoms with E-state index in [1.165, 1.54) is 12.0 Å². The minimum Gasteiger partial charge on any atom is -0.331 e. The maximum absolute atomic E-state index is 12.1. The van der Waals surface area contributed by atoms with Crippen molar-refractivity contribution in [2.45, 2.75) is 36.6 Å². The number of alkyl halides is 1. The lowest BCUT2D eigenvalue weighted by Gasteiger charge is -2.49. The molecule has 1 aromatic rings. The molecule has 4 heteroatoms. The third-order valence-corrected chi connectivity index (χ3v) is 4.98. The molecule has 0 N–H and O–H groups in total. The van der Waals surface area contributed by atoms with E-state index in [9.17, 15) is 4.79 Å². The molecule has 2 fully saturated rings. The number of nitrogens with zero attached hydrogens (tertiary/aromatic N) is 1. The Balaban J connectivity index is 1.95. The summed E-state index contributed by atoms with van der Waals surface area (Å²) in [7, 11) is 0. The number of carbonyl (C=O) groups excluding carboxylic acids is 1. The summed E-state index contributed by atoms with van der Waals surface area (Å²) >= 11 is 9.59. The van der Waals surface area contributed by atoms with E-state index in [2.05, 4.69) is 28.1 Å². The fourth-order valence-corrected chi connectivity index (χ4v) is 3.60. The average molecular weight is 329 g/mol. The van der Waals surface area contributed by atoms with E-state index in [0.717, 1.165) is 17.3 Å². The molecule has 18 heavy (non-hydrogen) atoms. The Labute approximate surface area is 120 Å². The van der Waals surface area contributed by atoms with Crippen LogP contribution in [0.1, 0.15) is 31.2 Å². The van der Waals surface area contributed by atoms with Crippen LogP contribution in [0.3, 0.4) is 0 Å². The smallest absolute Gasteiger partial charge is 0.224 e. The first-order chi connectivity index (χ1) is 8.62. The van der Waals surface area contributed by atoms with Gasteiger partial charge in [0, 0.05) is 17.4 Å². The van der Waals surface area contributed by atoms with E-state index >= 15 is 0 Å². The van der Waals surface area contributed by atoms with Crippen LogP contribution < -0.4 is 0 Å². The Morgan fingerprint density at radius 2 is 1.94 bits per heavy atom. The van der Waals surface area contributed by atoms with Crippen LogP contribution in [0.2, 0.25) is 0 Å². The zero-order chi connectivity index (χ0) is 12.8. The van der Waals surface area contributed by atoms with Gasteiger partial charge in [-0.2, -0.15) is 0 Å². The fourth-order valence-electron chi connectivity index (χ4n) is 3.06. The fraction of sp³-hybridized carbons (Fsp3) is 0.500. The Morgan fingerprint density at radius 3 is 2.39 bits per heavy atom. The molecule has 2 aliphatic rings. The lowest BCUT2D eigenvalue weighted by Crippen LogP contribution is -2.51. The minimum absolute atomic E-state index is 0.0228. The molecule has 0 spiro atoms. The van der Waals surface area contributed by atoms with E-state index in [0.29, 0.717) is 13.0 Å². The van der Waals surface area contributed by atoms with E-state index in [1.807, 2.05) is 17.0 Å². The first kappa shape index (κ1) is 12.5. The molecule has 3 rings (SSSR count). The van der Waals surface area contributed by atoms with Crippen molar-refractivity contribution in [3.63, 3.8) is 0 Å². The summed E-state index contributed by atoms with van der Waals surface area (Å²) < 4.78 is 1.07. The summed E-state index contributed by atoms with van der Waals surface area (Å²) in [6.45, 7) is 0.691. The van der Waals surface area contributed by atoms with Gasteiger partial charge in [0.15, 0.2) is 0 Å². The highest BCUT2D eigenvalue weighted by molar-refractivity contribution is 9.10. The molecule has 1 saturated heterocycles. The SMILES string of the molecule is O=C1CC(Cl)CN1C1(c2ccc(Br)cc2)CCC1. The van der Waals surface area contributed by atoms with Crippen molar-refractivity contribution >= 4 is 33.4 Å². The first-order valence-corrected chi connectivity index (χ1v) is 7.55. The first-order valence-electron chi connectivity index (χ1n) is 6.32. The van der Waals surface area contributed by atoms with Crippen molar-refractivity contribution in [3.8, 4) is 0 Å². The Bertz CT molecular complexity index is 469. The summed E-state index contributed by atoms with van der Waals surface area (Å²) in [6.07, 6.45) is 3.79. The van der Waals surface area contributed by atoms with Crippen molar-refractivity contribution in [2.24, 2.45) is 0 Å². The zero-order valence-corrected chi connectivity index (χ0v) is 12.4. The van der Waals surface area contributed by atoms with Gasteiger partial charge in [0.25, 0.3) is 0 Å². The standard InChI is InChI=1S/C14H15BrClNO/c15-11-4-2-10(3-5-11)14(6-1-7-14)17-9-12(16)8-13(17)18/h2-5,12H,1,6-9H2. The summed E-state index contributed by atoms with van der Waals surface area (Å²) in [5.41, 5.74) is 1.16. The molecular weight excluding hydrogens is 314 g/mol. The molecule has 0 aromatic heterocycles. The van der Waals surface area contributed by atoms with Crippen LogP contribution in [0.5, 0.6) is 0 Å². The molecule has 1 unspecified atom stereocenters. The number of benzene rings is 1. The van der Waals surface area contributed by atoms with Gasteiger partial charge in [0.2, 0.25) is 5.91 Å². The third kappa shape index (κ3) is 1.88. The van der Waals surface area contributed by atoms with Crippen molar-refractivity contribution in [1.29, 1.82) is 0 Å². The summed E-state index contributed by atoms with van der Waals surface area (Å²) in [4.78, 5) is 14.1. The van der Waals surface area contributed by atoms with Crippen LogP contribution >= 0.6 is 27.5 Å². The van der Waals surface area contributed by atoms with Crippen LogP contribution in [0.15, 0.2) is 28.7 Å². The third-order valence-electron chi connectivity index (χ3n) is 4.16. The second-order valence-corrected chi connectivity index (χ2v) is 6.73. The highest BCUT2D eigenvalue weighted by atomic mass is 79.9. The van der Waals surface area contributed by atoms with Crippen molar-refractivity contribution < 1.29 is 4.79 Å². The Kier molecular flexibility index (Phi) is 3.15. The van der Waals surface area contributed by atoms with Gasteiger partial charge >= 0.3 is 0 Å². The van der Waals surface area contributed by atoms with Gasteiger partial charge in [-0.15, -0.1) is 11.6 Å². The molecule has 0 bridgehead atoms. The maximum atomic E-state index is 12.1. The Morgan fingerprint density at radius 1 is 1.28 bits per heavy atom. The molecule has 1 aliphatic heterocycles. The monoisotopic (exact) mass is 327 g/mol. The van der Waals surface area contributed by atoms with Crippen LogP contribution in [0, 0.1) is 0 Å². The number of hydrogen-bond donors (Lipinski definition) is 0. The molecule has 1 heterocycles. The lowest BCUT2D eigenvalue weighted by atomic mass is 9.70. The van der Waals surface area contributed by atoms with Crippen molar-refractivity contribution in [1.82, 2.24) is 4.90 Å². The number of rotatable bonds is 2. The molecule has 1 amide bonds. The van der Waals surface area contributed by atoms with Crippen molar-refractivity contribution in [3.05, 3.63) is 34.3 Å². The Hall–Kier alpha value is -0.540. The van der Waals surface area contributed by atoms with Gasteiger partial charge in [-0.25, -0.2) is 0 Å². The van der Waals surface area contributed by atoms with Gasteiger partial charge in [0.05, 0.1) is 10.9 Å². The molecule has 2 nitrogen and oxygen atoms in total. The van der Waals surface area contributed by atoms with Gasteiger partial charge in [-0.05, 0) is 37.0 Å². The predicted molar refractivity (Wildman–Crippen MR) is 75.6 cm³/mol. The van der Waals surface area contributed by atoms with Crippen molar-refractivity contribution in [2.75, 3.05) is 6.54 Å². The second kappa shape index (κ2) is 4.53. The quantitative estimate of drug-likeness (QED) is 0.759. The topological polar surface area (TPSA) is 20.3 Å². The number of hydrogen-bond acceptors (Lipinski definition) is 1. The van der Waals surface area contributed by atoms with Gasteiger partial charge in [-0.3, -0.25) is 4.79 Å². The minimum atomic E-state index is -0.0819. The maximum Gasteiger partial charge on any atom is 0.224 e.